The Bertz CT molecular complexity index is 1000. The summed E-state index contributed by atoms with van der Waals surface area (Å²) in [4.78, 5) is 12.4. The molecule has 0 amide bonds. The van der Waals surface area contributed by atoms with Crippen molar-refractivity contribution in [3.63, 3.8) is 0 Å². The van der Waals surface area contributed by atoms with Gasteiger partial charge in [0.1, 0.15) is 11.6 Å². The molecule has 4 rings (SSSR count). The molecule has 0 saturated carbocycles. The lowest BCUT2D eigenvalue weighted by atomic mass is 10.1. The van der Waals surface area contributed by atoms with Gasteiger partial charge in [0.05, 0.1) is 18.4 Å². The minimum Gasteiger partial charge on any atom is -0.376 e. The molecule has 1 fully saturated rings. The quantitative estimate of drug-likeness (QED) is 0.424. The van der Waals surface area contributed by atoms with E-state index in [1.54, 1.807) is 18.2 Å². The van der Waals surface area contributed by atoms with Crippen molar-refractivity contribution in [1.82, 2.24) is 14.8 Å². The monoisotopic (exact) mass is 415 g/mol. The summed E-state index contributed by atoms with van der Waals surface area (Å²) in [7, 11) is 0. The van der Waals surface area contributed by atoms with Gasteiger partial charge in [-0.1, -0.05) is 23.9 Å². The SMILES string of the molecule is O=C(CSc1nnc(-c2ccc(F)cc2)n1C[C@@H]1CCCO1)c1cccc(F)c1. The van der Waals surface area contributed by atoms with E-state index in [1.165, 1.54) is 42.1 Å². The number of hydrogen-bond donors (Lipinski definition) is 0. The van der Waals surface area contributed by atoms with Crippen molar-refractivity contribution in [3.05, 3.63) is 65.7 Å². The maximum absolute atomic E-state index is 13.4. The summed E-state index contributed by atoms with van der Waals surface area (Å²) >= 11 is 1.25. The summed E-state index contributed by atoms with van der Waals surface area (Å²) in [5, 5.41) is 9.08. The second-order valence-corrected chi connectivity index (χ2v) is 7.72. The molecule has 1 atom stereocenters. The van der Waals surface area contributed by atoms with Crippen LogP contribution in [0.25, 0.3) is 11.4 Å². The highest BCUT2D eigenvalue weighted by atomic mass is 32.2. The molecule has 3 aromatic rings. The van der Waals surface area contributed by atoms with Crippen LogP contribution in [-0.4, -0.2) is 39.0 Å². The summed E-state index contributed by atoms with van der Waals surface area (Å²) in [6, 6.07) is 11.7. The molecule has 8 heteroatoms. The van der Waals surface area contributed by atoms with Gasteiger partial charge in [-0.3, -0.25) is 9.36 Å². The van der Waals surface area contributed by atoms with E-state index < -0.39 is 5.82 Å². The molecule has 1 saturated heterocycles. The Labute approximate surface area is 171 Å². The number of rotatable bonds is 7. The smallest absolute Gasteiger partial charge is 0.192 e. The van der Waals surface area contributed by atoms with Gasteiger partial charge in [0, 0.05) is 17.7 Å². The van der Waals surface area contributed by atoms with E-state index >= 15 is 0 Å². The highest BCUT2D eigenvalue weighted by molar-refractivity contribution is 7.99. The third kappa shape index (κ3) is 4.71. The minimum absolute atomic E-state index is 0.0449. The van der Waals surface area contributed by atoms with Gasteiger partial charge in [0.25, 0.3) is 0 Å². The van der Waals surface area contributed by atoms with E-state index in [-0.39, 0.29) is 23.5 Å². The lowest BCUT2D eigenvalue weighted by Crippen LogP contribution is -2.17. The Morgan fingerprint density at radius 3 is 2.69 bits per heavy atom. The molecule has 1 aromatic heterocycles. The molecule has 29 heavy (non-hydrogen) atoms. The molecule has 0 bridgehead atoms. The van der Waals surface area contributed by atoms with Crippen molar-refractivity contribution >= 4 is 17.5 Å². The van der Waals surface area contributed by atoms with Crippen LogP contribution in [0.4, 0.5) is 8.78 Å². The number of ketones is 1. The Balaban J connectivity index is 1.56. The van der Waals surface area contributed by atoms with Crippen molar-refractivity contribution in [2.24, 2.45) is 0 Å². The molecule has 0 N–H and O–H groups in total. The van der Waals surface area contributed by atoms with Gasteiger partial charge < -0.3 is 4.74 Å². The summed E-state index contributed by atoms with van der Waals surface area (Å²) < 4.78 is 34.3. The number of hydrogen-bond acceptors (Lipinski definition) is 5. The van der Waals surface area contributed by atoms with E-state index in [9.17, 15) is 13.6 Å². The number of nitrogens with zero attached hydrogens (tertiary/aromatic N) is 3. The van der Waals surface area contributed by atoms with Crippen molar-refractivity contribution in [2.75, 3.05) is 12.4 Å². The predicted octanol–water partition coefficient (Wildman–Crippen LogP) is 4.38. The van der Waals surface area contributed by atoms with Gasteiger partial charge in [-0.2, -0.15) is 0 Å². The van der Waals surface area contributed by atoms with Crippen LogP contribution < -0.4 is 0 Å². The van der Waals surface area contributed by atoms with Gasteiger partial charge >= 0.3 is 0 Å². The van der Waals surface area contributed by atoms with Crippen LogP contribution in [-0.2, 0) is 11.3 Å². The first-order chi connectivity index (χ1) is 14.1. The number of Topliss-reactive ketones (excluding diaryl/α,β-unsaturated/α-hetero) is 1. The van der Waals surface area contributed by atoms with Crippen LogP contribution in [0.5, 0.6) is 0 Å². The fourth-order valence-corrected chi connectivity index (χ4v) is 4.08. The van der Waals surface area contributed by atoms with Crippen molar-refractivity contribution in [3.8, 4) is 11.4 Å². The zero-order chi connectivity index (χ0) is 20.2. The second kappa shape index (κ2) is 8.84. The number of ether oxygens (including phenoxy) is 1. The highest BCUT2D eigenvalue weighted by Gasteiger charge is 2.22. The number of thioether (sulfide) groups is 1. The summed E-state index contributed by atoms with van der Waals surface area (Å²) in [6.45, 7) is 1.27. The van der Waals surface area contributed by atoms with Crippen molar-refractivity contribution in [1.29, 1.82) is 0 Å². The van der Waals surface area contributed by atoms with Crippen LogP contribution >= 0.6 is 11.8 Å². The van der Waals surface area contributed by atoms with Crippen LogP contribution in [0.3, 0.4) is 0 Å². The predicted molar refractivity (Wildman–Crippen MR) is 106 cm³/mol. The molecule has 1 aliphatic rings. The van der Waals surface area contributed by atoms with Gasteiger partial charge in [-0.15, -0.1) is 10.2 Å². The number of halogens is 2. The minimum atomic E-state index is -0.444. The second-order valence-electron chi connectivity index (χ2n) is 6.78. The van der Waals surface area contributed by atoms with Gasteiger partial charge in [-0.05, 0) is 49.2 Å². The molecule has 150 valence electrons. The van der Waals surface area contributed by atoms with Crippen LogP contribution in [0.15, 0.2) is 53.7 Å². The van der Waals surface area contributed by atoms with Crippen LogP contribution in [0.1, 0.15) is 23.2 Å². The Hall–Kier alpha value is -2.58. The highest BCUT2D eigenvalue weighted by Crippen LogP contribution is 2.27. The zero-order valence-corrected chi connectivity index (χ0v) is 16.4. The fourth-order valence-electron chi connectivity index (χ4n) is 3.24. The average Bonchev–Trinajstić information content (AvgIpc) is 3.37. The summed E-state index contributed by atoms with van der Waals surface area (Å²) in [6.07, 6.45) is 1.98. The number of carbonyl (C=O) groups is 1. The molecule has 0 aliphatic carbocycles. The van der Waals surface area contributed by atoms with E-state index in [1.807, 2.05) is 4.57 Å². The third-order valence-corrected chi connectivity index (χ3v) is 5.68. The molecule has 0 spiro atoms. The number of aromatic nitrogens is 3. The molecule has 0 unspecified atom stereocenters. The van der Waals surface area contributed by atoms with Gasteiger partial charge in [-0.25, -0.2) is 8.78 Å². The number of benzene rings is 2. The molecule has 1 aliphatic heterocycles. The Morgan fingerprint density at radius 2 is 1.97 bits per heavy atom. The van der Waals surface area contributed by atoms with Crippen molar-refractivity contribution < 1.29 is 18.3 Å². The molecule has 2 aromatic carbocycles. The Kier molecular flexibility index (Phi) is 6.01. The van der Waals surface area contributed by atoms with Crippen LogP contribution in [0.2, 0.25) is 0 Å². The first-order valence-electron chi connectivity index (χ1n) is 9.32. The first kappa shape index (κ1) is 19.7. The third-order valence-electron chi connectivity index (χ3n) is 4.71. The number of carbonyl (C=O) groups excluding carboxylic acids is 1. The lowest BCUT2D eigenvalue weighted by molar-refractivity contribution is 0.0953. The molecular formula is C21H19F2N3O2S. The van der Waals surface area contributed by atoms with Crippen molar-refractivity contribution in [2.45, 2.75) is 30.6 Å². The van der Waals surface area contributed by atoms with Crippen LogP contribution in [0, 0.1) is 11.6 Å². The normalized spacial score (nSPS) is 16.3. The van der Waals surface area contributed by atoms with E-state index in [4.69, 9.17) is 4.74 Å². The Morgan fingerprint density at radius 1 is 1.14 bits per heavy atom. The summed E-state index contributed by atoms with van der Waals surface area (Å²) in [5.74, 6) is -0.253. The fraction of sp³-hybridized carbons (Fsp3) is 0.286. The van der Waals surface area contributed by atoms with E-state index in [2.05, 4.69) is 10.2 Å². The molecule has 2 heterocycles. The zero-order valence-electron chi connectivity index (χ0n) is 15.6. The molecule has 5 nitrogen and oxygen atoms in total. The molecular weight excluding hydrogens is 396 g/mol. The van der Waals surface area contributed by atoms with E-state index in [0.717, 1.165) is 25.0 Å². The van der Waals surface area contributed by atoms with E-state index in [0.29, 0.717) is 23.1 Å². The standard InChI is InChI=1S/C21H19F2N3O2S/c22-16-8-6-14(7-9-16)20-24-25-21(26(20)12-18-5-2-10-28-18)29-13-19(27)15-3-1-4-17(23)11-15/h1,3-4,6-9,11,18H,2,5,10,12-13H2/t18-/m0/s1. The maximum atomic E-state index is 13.4. The average molecular weight is 415 g/mol. The topological polar surface area (TPSA) is 57.0 Å². The first-order valence-corrected chi connectivity index (χ1v) is 10.3. The largest absolute Gasteiger partial charge is 0.376 e. The maximum Gasteiger partial charge on any atom is 0.192 e. The molecule has 0 radical (unpaired) electrons. The van der Waals surface area contributed by atoms with Gasteiger partial charge in [0.15, 0.2) is 16.8 Å². The summed E-state index contributed by atoms with van der Waals surface area (Å²) in [5.41, 5.74) is 1.06. The van der Waals surface area contributed by atoms with Gasteiger partial charge in [0.2, 0.25) is 0 Å². The lowest BCUT2D eigenvalue weighted by Gasteiger charge is -2.14.